The van der Waals surface area contributed by atoms with Crippen molar-refractivity contribution < 1.29 is 4.39 Å². The first-order valence-electron chi connectivity index (χ1n) is 3.21. The lowest BCUT2D eigenvalue weighted by molar-refractivity contribution is 0.627. The molecule has 0 aliphatic heterocycles. The first-order valence-corrected chi connectivity index (χ1v) is 5.70. The second kappa shape index (κ2) is 4.59. The van der Waals surface area contributed by atoms with Crippen molar-refractivity contribution in [3.05, 3.63) is 35.6 Å². The van der Waals surface area contributed by atoms with Gasteiger partial charge in [0.15, 0.2) is 0 Å². The molecule has 0 amide bonds. The smallest absolute Gasteiger partial charge is 0.123 e. The Balaban J connectivity index is 2.66. The van der Waals surface area contributed by atoms with Gasteiger partial charge in [0, 0.05) is 0 Å². The van der Waals surface area contributed by atoms with Crippen LogP contribution in [0.2, 0.25) is 0 Å². The lowest BCUT2D eigenvalue weighted by atomic mass is 10.2. The Hall–Kier alpha value is 0.610. The van der Waals surface area contributed by atoms with Crippen LogP contribution < -0.4 is 0 Å². The summed E-state index contributed by atoms with van der Waals surface area (Å²) in [5, 5.41) is 0. The molecule has 0 unspecified atom stereocenters. The number of alkyl halides is 2. The Labute approximate surface area is 92.9 Å². The molecular formula is C8H7FI2. The molecule has 0 heterocycles. The van der Waals surface area contributed by atoms with Gasteiger partial charge in [0.05, 0.1) is 1.93 Å². The van der Waals surface area contributed by atoms with E-state index in [-0.39, 0.29) is 5.82 Å². The van der Waals surface area contributed by atoms with Crippen LogP contribution in [0.1, 0.15) is 5.56 Å². The van der Waals surface area contributed by atoms with Crippen molar-refractivity contribution in [2.75, 3.05) is 0 Å². The Kier molecular flexibility index (Phi) is 4.05. The molecule has 0 saturated heterocycles. The highest BCUT2D eigenvalue weighted by Gasteiger charge is 1.99. The minimum atomic E-state index is -0.160. The molecule has 3 heteroatoms. The Morgan fingerprint density at radius 1 is 1.18 bits per heavy atom. The molecule has 1 aromatic rings. The lowest BCUT2D eigenvalue weighted by Gasteiger charge is -2.00. The SMILES string of the molecule is Fc1ccc(CC(I)I)cc1. The third-order valence-corrected chi connectivity index (χ3v) is 2.18. The van der Waals surface area contributed by atoms with Crippen molar-refractivity contribution in [1.29, 1.82) is 0 Å². The molecule has 0 radical (unpaired) electrons. The predicted molar refractivity (Wildman–Crippen MR) is 61.9 cm³/mol. The third kappa shape index (κ3) is 3.68. The fourth-order valence-corrected chi connectivity index (χ4v) is 1.82. The molecule has 11 heavy (non-hydrogen) atoms. The Bertz CT molecular complexity index is 218. The largest absolute Gasteiger partial charge is 0.207 e. The summed E-state index contributed by atoms with van der Waals surface area (Å²) in [5.74, 6) is -0.160. The summed E-state index contributed by atoms with van der Waals surface area (Å²) in [4.78, 5) is 0. The van der Waals surface area contributed by atoms with Crippen molar-refractivity contribution in [3.63, 3.8) is 0 Å². The lowest BCUT2D eigenvalue weighted by Crippen LogP contribution is -1.91. The molecular weight excluding hydrogens is 369 g/mol. The minimum absolute atomic E-state index is 0.160. The standard InChI is InChI=1S/C8H7FI2/c9-7-3-1-6(2-4-7)5-8(10)11/h1-4,8H,5H2. The van der Waals surface area contributed by atoms with Crippen molar-refractivity contribution >= 4 is 45.2 Å². The van der Waals surface area contributed by atoms with Gasteiger partial charge in [0.1, 0.15) is 5.82 Å². The van der Waals surface area contributed by atoms with Crippen LogP contribution in [0.4, 0.5) is 4.39 Å². The highest BCUT2D eigenvalue weighted by atomic mass is 127. The molecule has 0 fully saturated rings. The van der Waals surface area contributed by atoms with Crippen molar-refractivity contribution in [2.24, 2.45) is 0 Å². The molecule has 1 rings (SSSR count). The quantitative estimate of drug-likeness (QED) is 0.547. The summed E-state index contributed by atoms with van der Waals surface area (Å²) in [6.07, 6.45) is 1.00. The zero-order valence-electron chi connectivity index (χ0n) is 5.73. The summed E-state index contributed by atoms with van der Waals surface area (Å²) < 4.78 is 13.0. The third-order valence-electron chi connectivity index (χ3n) is 1.30. The topological polar surface area (TPSA) is 0 Å². The summed E-state index contributed by atoms with van der Waals surface area (Å²) in [5.41, 5.74) is 1.19. The first kappa shape index (κ1) is 9.70. The number of hydrogen-bond acceptors (Lipinski definition) is 0. The van der Waals surface area contributed by atoms with E-state index in [0.717, 1.165) is 6.42 Å². The zero-order chi connectivity index (χ0) is 8.27. The summed E-state index contributed by atoms with van der Waals surface area (Å²) in [7, 11) is 0. The molecule has 60 valence electrons. The van der Waals surface area contributed by atoms with E-state index in [1.54, 1.807) is 0 Å². The summed E-state index contributed by atoms with van der Waals surface area (Å²) in [6.45, 7) is 0. The van der Waals surface area contributed by atoms with Crippen LogP contribution in [0.3, 0.4) is 0 Å². The molecule has 0 aromatic heterocycles. The van der Waals surface area contributed by atoms with E-state index >= 15 is 0 Å². The van der Waals surface area contributed by atoms with E-state index in [1.807, 2.05) is 12.1 Å². The first-order chi connectivity index (χ1) is 5.18. The molecule has 0 aliphatic carbocycles. The normalized spacial score (nSPS) is 10.5. The van der Waals surface area contributed by atoms with Gasteiger partial charge in [-0.25, -0.2) is 4.39 Å². The van der Waals surface area contributed by atoms with Gasteiger partial charge in [-0.3, -0.25) is 0 Å². The van der Waals surface area contributed by atoms with Gasteiger partial charge in [-0.05, 0) is 24.1 Å². The van der Waals surface area contributed by atoms with Crippen LogP contribution in [0.15, 0.2) is 24.3 Å². The minimum Gasteiger partial charge on any atom is -0.207 e. The number of benzene rings is 1. The van der Waals surface area contributed by atoms with Crippen LogP contribution >= 0.6 is 45.2 Å². The highest BCUT2D eigenvalue weighted by Crippen LogP contribution is 2.16. The van der Waals surface area contributed by atoms with Gasteiger partial charge in [-0.15, -0.1) is 0 Å². The molecule has 0 saturated carbocycles. The van der Waals surface area contributed by atoms with Gasteiger partial charge in [0.2, 0.25) is 0 Å². The van der Waals surface area contributed by atoms with Gasteiger partial charge < -0.3 is 0 Å². The van der Waals surface area contributed by atoms with Crippen LogP contribution in [-0.4, -0.2) is 1.93 Å². The average molecular weight is 376 g/mol. The van der Waals surface area contributed by atoms with Crippen molar-refractivity contribution in [1.82, 2.24) is 0 Å². The molecule has 0 aliphatic rings. The maximum Gasteiger partial charge on any atom is 0.123 e. The average Bonchev–Trinajstić information content (AvgIpc) is 1.93. The number of rotatable bonds is 2. The van der Waals surface area contributed by atoms with Crippen molar-refractivity contribution in [3.8, 4) is 0 Å². The van der Waals surface area contributed by atoms with Gasteiger partial charge in [0.25, 0.3) is 0 Å². The fourth-order valence-electron chi connectivity index (χ4n) is 0.799. The van der Waals surface area contributed by atoms with Crippen LogP contribution in [0, 0.1) is 5.82 Å². The molecule has 1 aromatic carbocycles. The van der Waals surface area contributed by atoms with E-state index in [2.05, 4.69) is 45.2 Å². The maximum atomic E-state index is 12.4. The van der Waals surface area contributed by atoms with Crippen molar-refractivity contribution in [2.45, 2.75) is 8.35 Å². The van der Waals surface area contributed by atoms with Crippen LogP contribution in [-0.2, 0) is 6.42 Å². The number of halogens is 3. The predicted octanol–water partition coefficient (Wildman–Crippen LogP) is 3.56. The Morgan fingerprint density at radius 2 is 1.73 bits per heavy atom. The molecule has 0 N–H and O–H groups in total. The van der Waals surface area contributed by atoms with Gasteiger partial charge >= 0.3 is 0 Å². The maximum absolute atomic E-state index is 12.4. The highest BCUT2D eigenvalue weighted by molar-refractivity contribution is 14.2. The Morgan fingerprint density at radius 3 is 2.18 bits per heavy atom. The zero-order valence-corrected chi connectivity index (χ0v) is 10.0. The second-order valence-electron chi connectivity index (χ2n) is 2.22. The number of hydrogen-bond donors (Lipinski definition) is 0. The summed E-state index contributed by atoms with van der Waals surface area (Å²) in [6, 6.07) is 6.68. The molecule has 0 nitrogen and oxygen atoms in total. The molecule has 0 spiro atoms. The van der Waals surface area contributed by atoms with Gasteiger partial charge in [-0.2, -0.15) is 0 Å². The monoisotopic (exact) mass is 376 g/mol. The fraction of sp³-hybridized carbons (Fsp3) is 0.250. The van der Waals surface area contributed by atoms with E-state index in [0.29, 0.717) is 1.93 Å². The second-order valence-corrected chi connectivity index (χ2v) is 7.61. The van der Waals surface area contributed by atoms with E-state index in [1.165, 1.54) is 17.7 Å². The van der Waals surface area contributed by atoms with Crippen LogP contribution in [0.5, 0.6) is 0 Å². The van der Waals surface area contributed by atoms with E-state index in [9.17, 15) is 4.39 Å². The van der Waals surface area contributed by atoms with E-state index < -0.39 is 0 Å². The van der Waals surface area contributed by atoms with E-state index in [4.69, 9.17) is 0 Å². The van der Waals surface area contributed by atoms with Crippen LogP contribution in [0.25, 0.3) is 0 Å². The summed E-state index contributed by atoms with van der Waals surface area (Å²) >= 11 is 4.70. The van der Waals surface area contributed by atoms with Gasteiger partial charge in [-0.1, -0.05) is 57.3 Å². The molecule has 0 bridgehead atoms. The molecule has 0 atom stereocenters.